The summed E-state index contributed by atoms with van der Waals surface area (Å²) in [5, 5.41) is 5.74. The molecule has 0 aromatic carbocycles. The standard InChI is InChI=1S/C14H20N4O3/c1-14(9-5-3-2-4-6-9)7-8-18(14)12(20)10-11(19)15-13(21)17-16-10/h9H,2-8H2,1H3,(H2,15,17,19,21). The fourth-order valence-electron chi connectivity index (χ4n) is 3.68. The number of aromatic amines is 2. The van der Waals surface area contributed by atoms with Crippen molar-refractivity contribution in [1.29, 1.82) is 0 Å². The lowest BCUT2D eigenvalue weighted by Crippen LogP contribution is -2.65. The topological polar surface area (TPSA) is 98.9 Å². The minimum Gasteiger partial charge on any atom is -0.331 e. The molecule has 1 atom stereocenters. The van der Waals surface area contributed by atoms with Crippen molar-refractivity contribution in [2.75, 3.05) is 6.54 Å². The molecule has 1 unspecified atom stereocenters. The van der Waals surface area contributed by atoms with Gasteiger partial charge in [0.25, 0.3) is 11.5 Å². The summed E-state index contributed by atoms with van der Waals surface area (Å²) in [6.07, 6.45) is 6.91. The third-order valence-corrected chi connectivity index (χ3v) is 5.10. The largest absolute Gasteiger partial charge is 0.342 e. The van der Waals surface area contributed by atoms with E-state index in [1.165, 1.54) is 19.3 Å². The van der Waals surface area contributed by atoms with Crippen LogP contribution in [-0.4, -0.2) is 38.1 Å². The summed E-state index contributed by atoms with van der Waals surface area (Å²) in [7, 11) is 0. The number of hydrogen-bond acceptors (Lipinski definition) is 4. The highest BCUT2D eigenvalue weighted by Crippen LogP contribution is 2.44. The molecule has 2 fully saturated rings. The van der Waals surface area contributed by atoms with Gasteiger partial charge in [-0.2, -0.15) is 5.10 Å². The molecule has 0 spiro atoms. The number of aromatic nitrogens is 3. The predicted molar refractivity (Wildman–Crippen MR) is 76.1 cm³/mol. The van der Waals surface area contributed by atoms with Crippen LogP contribution in [0, 0.1) is 5.92 Å². The molecule has 7 heteroatoms. The number of nitrogens with one attached hydrogen (secondary N) is 2. The van der Waals surface area contributed by atoms with E-state index in [1.807, 2.05) is 0 Å². The highest BCUT2D eigenvalue weighted by molar-refractivity contribution is 5.93. The molecular formula is C14H20N4O3. The molecule has 1 aliphatic carbocycles. The van der Waals surface area contributed by atoms with Crippen molar-refractivity contribution < 1.29 is 4.79 Å². The number of H-pyrrole nitrogens is 2. The van der Waals surface area contributed by atoms with Crippen LogP contribution in [-0.2, 0) is 0 Å². The third-order valence-electron chi connectivity index (χ3n) is 5.10. The highest BCUT2D eigenvalue weighted by Gasteiger charge is 2.49. The first kappa shape index (κ1) is 14.0. The monoisotopic (exact) mass is 292 g/mol. The minimum atomic E-state index is -0.721. The van der Waals surface area contributed by atoms with E-state index in [-0.39, 0.29) is 17.1 Å². The maximum atomic E-state index is 12.5. The molecule has 2 N–H and O–H groups in total. The fraction of sp³-hybridized carbons (Fsp3) is 0.714. The quantitative estimate of drug-likeness (QED) is 0.835. The second kappa shape index (κ2) is 5.13. The van der Waals surface area contributed by atoms with E-state index >= 15 is 0 Å². The summed E-state index contributed by atoms with van der Waals surface area (Å²) in [4.78, 5) is 39.1. The Hall–Kier alpha value is -1.92. The average Bonchev–Trinajstić information content (AvgIpc) is 2.46. The van der Waals surface area contributed by atoms with Gasteiger partial charge in [-0.15, -0.1) is 0 Å². The minimum absolute atomic E-state index is 0.179. The van der Waals surface area contributed by atoms with E-state index in [4.69, 9.17) is 0 Å². The second-order valence-corrected chi connectivity index (χ2v) is 6.25. The molecular weight excluding hydrogens is 272 g/mol. The van der Waals surface area contributed by atoms with E-state index in [0.717, 1.165) is 19.3 Å². The summed E-state index contributed by atoms with van der Waals surface area (Å²) in [6, 6.07) is 0. The summed E-state index contributed by atoms with van der Waals surface area (Å²) >= 11 is 0. The van der Waals surface area contributed by atoms with Gasteiger partial charge in [0.1, 0.15) is 0 Å². The Balaban J connectivity index is 1.84. The molecule has 1 aromatic rings. The summed E-state index contributed by atoms with van der Waals surface area (Å²) in [5.41, 5.74) is -1.82. The smallest absolute Gasteiger partial charge is 0.331 e. The van der Waals surface area contributed by atoms with Crippen molar-refractivity contribution in [3.63, 3.8) is 0 Å². The molecule has 1 saturated carbocycles. The number of carbonyl (C=O) groups excluding carboxylic acids is 1. The van der Waals surface area contributed by atoms with Gasteiger partial charge >= 0.3 is 5.69 Å². The van der Waals surface area contributed by atoms with E-state index in [2.05, 4.69) is 22.1 Å². The van der Waals surface area contributed by atoms with Crippen LogP contribution in [0.5, 0.6) is 0 Å². The molecule has 3 rings (SSSR count). The number of likely N-dealkylation sites (tertiary alicyclic amines) is 1. The number of rotatable bonds is 2. The Kier molecular flexibility index (Phi) is 3.43. The van der Waals surface area contributed by atoms with Crippen LogP contribution in [0.3, 0.4) is 0 Å². The van der Waals surface area contributed by atoms with Gasteiger partial charge in [0, 0.05) is 12.1 Å². The maximum Gasteiger partial charge on any atom is 0.342 e. The van der Waals surface area contributed by atoms with Gasteiger partial charge in [0.2, 0.25) is 5.69 Å². The van der Waals surface area contributed by atoms with Gasteiger partial charge in [-0.1, -0.05) is 19.3 Å². The van der Waals surface area contributed by atoms with E-state index < -0.39 is 11.2 Å². The van der Waals surface area contributed by atoms with Crippen molar-refractivity contribution in [2.45, 2.75) is 51.0 Å². The van der Waals surface area contributed by atoms with E-state index in [9.17, 15) is 14.4 Å². The number of nitrogens with zero attached hydrogens (tertiary/aromatic N) is 2. The zero-order valence-electron chi connectivity index (χ0n) is 12.1. The van der Waals surface area contributed by atoms with Crippen LogP contribution in [0.25, 0.3) is 0 Å². The van der Waals surface area contributed by atoms with Crippen LogP contribution in [0.1, 0.15) is 55.9 Å². The molecule has 2 heterocycles. The first-order valence-corrected chi connectivity index (χ1v) is 7.53. The maximum absolute atomic E-state index is 12.5. The Morgan fingerprint density at radius 3 is 2.57 bits per heavy atom. The van der Waals surface area contributed by atoms with Crippen molar-refractivity contribution in [1.82, 2.24) is 20.1 Å². The molecule has 114 valence electrons. The second-order valence-electron chi connectivity index (χ2n) is 6.25. The Bertz CT molecular complexity index is 659. The summed E-state index contributed by atoms with van der Waals surface area (Å²) in [5.74, 6) is 0.109. The van der Waals surface area contributed by atoms with Crippen LogP contribution in [0.4, 0.5) is 0 Å². The zero-order chi connectivity index (χ0) is 15.0. The molecule has 1 aliphatic heterocycles. The Morgan fingerprint density at radius 2 is 2.00 bits per heavy atom. The van der Waals surface area contributed by atoms with Crippen LogP contribution in [0.2, 0.25) is 0 Å². The molecule has 1 saturated heterocycles. The Morgan fingerprint density at radius 1 is 1.29 bits per heavy atom. The molecule has 0 bridgehead atoms. The zero-order valence-corrected chi connectivity index (χ0v) is 12.1. The van der Waals surface area contributed by atoms with Crippen molar-refractivity contribution in [3.05, 3.63) is 26.5 Å². The molecule has 21 heavy (non-hydrogen) atoms. The summed E-state index contributed by atoms with van der Waals surface area (Å²) in [6.45, 7) is 2.75. The van der Waals surface area contributed by atoms with Crippen molar-refractivity contribution >= 4 is 5.91 Å². The van der Waals surface area contributed by atoms with Crippen LogP contribution >= 0.6 is 0 Å². The highest BCUT2D eigenvalue weighted by atomic mass is 16.2. The molecule has 1 aromatic heterocycles. The van der Waals surface area contributed by atoms with E-state index in [0.29, 0.717) is 12.5 Å². The van der Waals surface area contributed by atoms with Gasteiger partial charge in [0.15, 0.2) is 0 Å². The van der Waals surface area contributed by atoms with Gasteiger partial charge in [-0.3, -0.25) is 14.6 Å². The fourth-order valence-corrected chi connectivity index (χ4v) is 3.68. The molecule has 0 radical (unpaired) electrons. The third kappa shape index (κ3) is 2.30. The first-order chi connectivity index (χ1) is 10.0. The number of amides is 1. The average molecular weight is 292 g/mol. The van der Waals surface area contributed by atoms with Gasteiger partial charge in [-0.05, 0) is 32.1 Å². The number of carbonyl (C=O) groups is 1. The lowest BCUT2D eigenvalue weighted by molar-refractivity contribution is -0.0368. The van der Waals surface area contributed by atoms with Crippen molar-refractivity contribution in [2.24, 2.45) is 5.92 Å². The van der Waals surface area contributed by atoms with E-state index in [1.54, 1.807) is 4.90 Å². The molecule has 7 nitrogen and oxygen atoms in total. The SMILES string of the molecule is CC1(C2CCCCC2)CCN1C(=O)c1n[nH]c(=O)[nH]c1=O. The van der Waals surface area contributed by atoms with Gasteiger partial charge in [-0.25, -0.2) is 9.89 Å². The summed E-state index contributed by atoms with van der Waals surface area (Å²) < 4.78 is 0. The Labute approximate surface area is 121 Å². The van der Waals surface area contributed by atoms with Crippen molar-refractivity contribution in [3.8, 4) is 0 Å². The van der Waals surface area contributed by atoms with Gasteiger partial charge < -0.3 is 4.90 Å². The normalized spacial score (nSPS) is 26.4. The van der Waals surface area contributed by atoms with Gasteiger partial charge in [0.05, 0.1) is 0 Å². The lowest BCUT2D eigenvalue weighted by Gasteiger charge is -2.55. The lowest BCUT2D eigenvalue weighted by atomic mass is 9.69. The van der Waals surface area contributed by atoms with Crippen LogP contribution < -0.4 is 11.2 Å². The molecule has 1 amide bonds. The first-order valence-electron chi connectivity index (χ1n) is 7.53. The predicted octanol–water partition coefficient (Wildman–Crippen LogP) is 0.643. The molecule has 2 aliphatic rings. The number of hydrogen-bond donors (Lipinski definition) is 2. The van der Waals surface area contributed by atoms with Crippen LogP contribution in [0.15, 0.2) is 9.59 Å².